The number of aromatic nitrogens is 2. The second-order valence-corrected chi connectivity index (χ2v) is 4.19. The van der Waals surface area contributed by atoms with Crippen LogP contribution >= 0.6 is 0 Å². The van der Waals surface area contributed by atoms with Gasteiger partial charge in [0.25, 0.3) is 11.5 Å². The smallest absolute Gasteiger partial charge is 0.274 e. The molecule has 0 spiro atoms. The summed E-state index contributed by atoms with van der Waals surface area (Å²) in [5.41, 5.74) is -0.0474. The van der Waals surface area contributed by atoms with Gasteiger partial charge in [-0.15, -0.1) is 0 Å². The Morgan fingerprint density at radius 1 is 1.29 bits per heavy atom. The van der Waals surface area contributed by atoms with Crippen molar-refractivity contribution in [2.75, 3.05) is 34.2 Å². The number of H-pyrrole nitrogens is 1. The highest BCUT2D eigenvalue weighted by atomic mass is 16.2. The van der Waals surface area contributed by atoms with E-state index < -0.39 is 0 Å². The molecule has 0 fully saturated rings. The molecule has 6 nitrogen and oxygen atoms in total. The van der Waals surface area contributed by atoms with Crippen molar-refractivity contribution in [2.24, 2.45) is 0 Å². The van der Waals surface area contributed by atoms with E-state index in [1.54, 1.807) is 11.9 Å². The van der Waals surface area contributed by atoms with Gasteiger partial charge < -0.3 is 9.80 Å². The highest BCUT2D eigenvalue weighted by molar-refractivity contribution is 5.91. The molecule has 0 atom stereocenters. The number of carbonyl (C=O) groups is 1. The molecule has 6 heteroatoms. The van der Waals surface area contributed by atoms with Gasteiger partial charge in [-0.1, -0.05) is 0 Å². The fourth-order valence-electron chi connectivity index (χ4n) is 1.38. The van der Waals surface area contributed by atoms with Gasteiger partial charge in [-0.2, -0.15) is 5.10 Å². The molecule has 0 radical (unpaired) electrons. The Balaban J connectivity index is 2.52. The molecule has 0 aromatic carbocycles. The number of hydrogen-bond acceptors (Lipinski definition) is 4. The van der Waals surface area contributed by atoms with E-state index in [1.165, 1.54) is 12.1 Å². The van der Waals surface area contributed by atoms with Crippen LogP contribution in [0, 0.1) is 0 Å². The van der Waals surface area contributed by atoms with E-state index in [4.69, 9.17) is 0 Å². The van der Waals surface area contributed by atoms with Crippen LogP contribution in [0.3, 0.4) is 0 Å². The van der Waals surface area contributed by atoms with Crippen LogP contribution in [-0.4, -0.2) is 60.1 Å². The third-order valence-corrected chi connectivity index (χ3v) is 2.34. The molecule has 1 heterocycles. The standard InChI is InChI=1S/C11H18N4O2/c1-14(2)7-4-8-15(3)11(17)9-5-6-10(16)13-12-9/h5-6H,4,7-8H2,1-3H3,(H,13,16). The monoisotopic (exact) mass is 238 g/mol. The summed E-state index contributed by atoms with van der Waals surface area (Å²) in [5.74, 6) is -0.181. The lowest BCUT2D eigenvalue weighted by molar-refractivity contribution is 0.0783. The van der Waals surface area contributed by atoms with Crippen LogP contribution in [-0.2, 0) is 0 Å². The number of amides is 1. The molecular weight excluding hydrogens is 220 g/mol. The third-order valence-electron chi connectivity index (χ3n) is 2.34. The minimum Gasteiger partial charge on any atom is -0.340 e. The molecule has 1 N–H and O–H groups in total. The number of carbonyl (C=O) groups excluding carboxylic acids is 1. The number of nitrogens with one attached hydrogen (secondary N) is 1. The van der Waals surface area contributed by atoms with Crippen LogP contribution in [0.25, 0.3) is 0 Å². The Bertz CT molecular complexity index is 407. The lowest BCUT2D eigenvalue weighted by atomic mass is 10.3. The maximum absolute atomic E-state index is 11.9. The van der Waals surface area contributed by atoms with Crippen molar-refractivity contribution in [3.8, 4) is 0 Å². The summed E-state index contributed by atoms with van der Waals surface area (Å²) in [4.78, 5) is 26.3. The van der Waals surface area contributed by atoms with Gasteiger partial charge in [-0.25, -0.2) is 5.10 Å². The normalized spacial score (nSPS) is 10.6. The van der Waals surface area contributed by atoms with Crippen molar-refractivity contribution < 1.29 is 4.79 Å². The van der Waals surface area contributed by atoms with Gasteiger partial charge in [-0.3, -0.25) is 9.59 Å². The first-order valence-corrected chi connectivity index (χ1v) is 5.46. The highest BCUT2D eigenvalue weighted by Gasteiger charge is 2.12. The van der Waals surface area contributed by atoms with Crippen LogP contribution in [0.4, 0.5) is 0 Å². The Kier molecular flexibility index (Phi) is 4.84. The maximum atomic E-state index is 11.9. The van der Waals surface area contributed by atoms with Crippen molar-refractivity contribution in [1.29, 1.82) is 0 Å². The first kappa shape index (κ1) is 13.4. The van der Waals surface area contributed by atoms with Gasteiger partial charge in [0.15, 0.2) is 0 Å². The fraction of sp³-hybridized carbons (Fsp3) is 0.545. The molecule has 17 heavy (non-hydrogen) atoms. The minimum atomic E-state index is -0.309. The van der Waals surface area contributed by atoms with Crippen LogP contribution in [0.15, 0.2) is 16.9 Å². The molecule has 0 aliphatic heterocycles. The zero-order valence-corrected chi connectivity index (χ0v) is 10.4. The quantitative estimate of drug-likeness (QED) is 0.771. The van der Waals surface area contributed by atoms with Crippen molar-refractivity contribution in [1.82, 2.24) is 20.0 Å². The molecule has 1 amide bonds. The SMILES string of the molecule is CN(C)CCCN(C)C(=O)c1ccc(=O)[nH]n1. The summed E-state index contributed by atoms with van der Waals surface area (Å²) < 4.78 is 0. The van der Waals surface area contributed by atoms with Gasteiger partial charge in [0, 0.05) is 19.7 Å². The predicted molar refractivity (Wildman–Crippen MR) is 65.0 cm³/mol. The molecule has 0 saturated carbocycles. The van der Waals surface area contributed by atoms with E-state index >= 15 is 0 Å². The molecule has 0 aliphatic rings. The summed E-state index contributed by atoms with van der Waals surface area (Å²) in [6, 6.07) is 2.73. The Hall–Kier alpha value is -1.69. The third kappa shape index (κ3) is 4.36. The number of rotatable bonds is 5. The van der Waals surface area contributed by atoms with Crippen LogP contribution in [0.2, 0.25) is 0 Å². The van der Waals surface area contributed by atoms with Crippen molar-refractivity contribution >= 4 is 5.91 Å². The molecule has 94 valence electrons. The topological polar surface area (TPSA) is 69.3 Å². The Labute approximate surface area is 100 Å². The summed E-state index contributed by atoms with van der Waals surface area (Å²) in [6.45, 7) is 1.59. The zero-order chi connectivity index (χ0) is 12.8. The van der Waals surface area contributed by atoms with Gasteiger partial charge >= 0.3 is 0 Å². The average molecular weight is 238 g/mol. The first-order valence-electron chi connectivity index (χ1n) is 5.46. The average Bonchev–Trinajstić information content (AvgIpc) is 2.28. The molecule has 1 aromatic rings. The zero-order valence-electron chi connectivity index (χ0n) is 10.4. The summed E-state index contributed by atoms with van der Waals surface area (Å²) >= 11 is 0. The van der Waals surface area contributed by atoms with E-state index in [2.05, 4.69) is 15.1 Å². The van der Waals surface area contributed by atoms with Crippen LogP contribution in [0.1, 0.15) is 16.9 Å². The molecular formula is C11H18N4O2. The Morgan fingerprint density at radius 3 is 2.53 bits per heavy atom. The maximum Gasteiger partial charge on any atom is 0.274 e. The van der Waals surface area contributed by atoms with Crippen LogP contribution in [0.5, 0.6) is 0 Å². The van der Waals surface area contributed by atoms with E-state index in [0.29, 0.717) is 6.54 Å². The van der Waals surface area contributed by atoms with Crippen molar-refractivity contribution in [2.45, 2.75) is 6.42 Å². The second-order valence-electron chi connectivity index (χ2n) is 4.19. The van der Waals surface area contributed by atoms with Gasteiger partial charge in [0.1, 0.15) is 5.69 Å². The number of hydrogen-bond donors (Lipinski definition) is 1. The van der Waals surface area contributed by atoms with Crippen molar-refractivity contribution in [3.05, 3.63) is 28.2 Å². The first-order chi connectivity index (χ1) is 8.00. The molecule has 0 unspecified atom stereocenters. The van der Waals surface area contributed by atoms with E-state index in [0.717, 1.165) is 13.0 Å². The largest absolute Gasteiger partial charge is 0.340 e. The summed E-state index contributed by atoms with van der Waals surface area (Å²) in [6.07, 6.45) is 0.901. The van der Waals surface area contributed by atoms with Gasteiger partial charge in [0.2, 0.25) is 0 Å². The summed E-state index contributed by atoms with van der Waals surface area (Å²) in [5, 5.41) is 5.95. The van der Waals surface area contributed by atoms with E-state index in [-0.39, 0.29) is 17.2 Å². The molecule has 0 aliphatic carbocycles. The number of nitrogens with zero attached hydrogens (tertiary/aromatic N) is 3. The lowest BCUT2D eigenvalue weighted by Crippen LogP contribution is -2.31. The molecule has 0 saturated heterocycles. The molecule has 1 aromatic heterocycles. The Morgan fingerprint density at radius 2 is 2.00 bits per heavy atom. The lowest BCUT2D eigenvalue weighted by Gasteiger charge is -2.17. The molecule has 0 bridgehead atoms. The van der Waals surface area contributed by atoms with E-state index in [1.807, 2.05) is 14.1 Å². The minimum absolute atomic E-state index is 0.181. The second kappa shape index (κ2) is 6.15. The fourth-order valence-corrected chi connectivity index (χ4v) is 1.38. The summed E-state index contributed by atoms with van der Waals surface area (Å²) in [7, 11) is 5.71. The molecule has 1 rings (SSSR count). The predicted octanol–water partition coefficient (Wildman–Crippen LogP) is -0.206. The van der Waals surface area contributed by atoms with E-state index in [9.17, 15) is 9.59 Å². The number of aromatic amines is 1. The highest BCUT2D eigenvalue weighted by Crippen LogP contribution is 1.98. The van der Waals surface area contributed by atoms with Gasteiger partial charge in [0.05, 0.1) is 0 Å². The van der Waals surface area contributed by atoms with Crippen molar-refractivity contribution in [3.63, 3.8) is 0 Å². The van der Waals surface area contributed by atoms with Gasteiger partial charge in [-0.05, 0) is 33.1 Å². The van der Waals surface area contributed by atoms with Crippen LogP contribution < -0.4 is 5.56 Å².